The van der Waals surface area contributed by atoms with Crippen molar-refractivity contribution in [2.75, 3.05) is 0 Å². The zero-order valence-electron chi connectivity index (χ0n) is 10.1. The van der Waals surface area contributed by atoms with Crippen molar-refractivity contribution in [3.05, 3.63) is 12.2 Å². The van der Waals surface area contributed by atoms with Gasteiger partial charge in [0.1, 0.15) is 11.7 Å². The molecule has 5 unspecified atom stereocenters. The van der Waals surface area contributed by atoms with Crippen molar-refractivity contribution in [1.29, 1.82) is 0 Å². The quantitative estimate of drug-likeness (QED) is 0.538. The zero-order valence-corrected chi connectivity index (χ0v) is 10.1. The summed E-state index contributed by atoms with van der Waals surface area (Å²) < 4.78 is 10.9. The number of hydrogen-bond acceptors (Lipinski definition) is 4. The molecule has 3 aliphatic rings. The predicted octanol–water partition coefficient (Wildman–Crippen LogP) is 1.45. The van der Waals surface area contributed by atoms with E-state index in [9.17, 15) is 9.59 Å². The highest BCUT2D eigenvalue weighted by molar-refractivity contribution is 5.87. The largest absolute Gasteiger partial charge is 0.458 e. The van der Waals surface area contributed by atoms with Crippen LogP contribution in [0.3, 0.4) is 0 Å². The van der Waals surface area contributed by atoms with Crippen LogP contribution in [0.25, 0.3) is 0 Å². The van der Waals surface area contributed by atoms with E-state index >= 15 is 0 Å². The van der Waals surface area contributed by atoms with Gasteiger partial charge in [-0.3, -0.25) is 4.79 Å². The number of ether oxygens (including phenoxy) is 2. The number of rotatable bonds is 2. The molecule has 0 spiro atoms. The molecule has 2 saturated carbocycles. The molecule has 2 aliphatic carbocycles. The van der Waals surface area contributed by atoms with Crippen LogP contribution in [0, 0.1) is 17.8 Å². The van der Waals surface area contributed by atoms with Crippen molar-refractivity contribution >= 4 is 11.9 Å². The Labute approximate surface area is 100.0 Å². The molecular formula is C13H16O4. The molecule has 2 bridgehead atoms. The van der Waals surface area contributed by atoms with Gasteiger partial charge < -0.3 is 9.47 Å². The summed E-state index contributed by atoms with van der Waals surface area (Å²) in [7, 11) is 0. The summed E-state index contributed by atoms with van der Waals surface area (Å²) in [6.07, 6.45) is 1.48. The summed E-state index contributed by atoms with van der Waals surface area (Å²) in [5, 5.41) is 0. The highest BCUT2D eigenvalue weighted by Gasteiger charge is 2.69. The summed E-state index contributed by atoms with van der Waals surface area (Å²) in [5.41, 5.74) is -0.265. The van der Waals surface area contributed by atoms with Crippen LogP contribution in [0.4, 0.5) is 0 Å². The molecule has 0 N–H and O–H groups in total. The second kappa shape index (κ2) is 3.12. The van der Waals surface area contributed by atoms with E-state index in [1.54, 1.807) is 6.92 Å². The molecule has 92 valence electrons. The van der Waals surface area contributed by atoms with Gasteiger partial charge in [-0.1, -0.05) is 6.58 Å². The first kappa shape index (κ1) is 10.8. The summed E-state index contributed by atoms with van der Waals surface area (Å²) in [6.45, 7) is 7.10. The van der Waals surface area contributed by atoms with Crippen LogP contribution in [-0.2, 0) is 19.1 Å². The first-order valence-corrected chi connectivity index (χ1v) is 6.03. The summed E-state index contributed by atoms with van der Waals surface area (Å²) >= 11 is 0. The van der Waals surface area contributed by atoms with Gasteiger partial charge in [-0.05, 0) is 26.7 Å². The van der Waals surface area contributed by atoms with Crippen LogP contribution in [0.5, 0.6) is 0 Å². The number of hydrogen-bond donors (Lipinski definition) is 0. The molecule has 1 saturated heterocycles. The van der Waals surface area contributed by atoms with Gasteiger partial charge in [-0.15, -0.1) is 0 Å². The van der Waals surface area contributed by atoms with Crippen LogP contribution in [0.1, 0.15) is 26.7 Å². The van der Waals surface area contributed by atoms with E-state index in [2.05, 4.69) is 6.58 Å². The minimum Gasteiger partial charge on any atom is -0.458 e. The molecular weight excluding hydrogens is 220 g/mol. The molecule has 0 radical (unpaired) electrons. The molecule has 3 fully saturated rings. The summed E-state index contributed by atoms with van der Waals surface area (Å²) in [4.78, 5) is 23.3. The Kier molecular flexibility index (Phi) is 1.98. The Morgan fingerprint density at radius 1 is 1.53 bits per heavy atom. The highest BCUT2D eigenvalue weighted by atomic mass is 16.6. The third kappa shape index (κ3) is 1.24. The maximum atomic E-state index is 11.7. The summed E-state index contributed by atoms with van der Waals surface area (Å²) in [6, 6.07) is 0. The van der Waals surface area contributed by atoms with Crippen LogP contribution in [-0.4, -0.2) is 23.6 Å². The molecule has 1 heterocycles. The maximum absolute atomic E-state index is 11.7. The van der Waals surface area contributed by atoms with Gasteiger partial charge in [-0.25, -0.2) is 4.79 Å². The third-order valence-electron chi connectivity index (χ3n) is 4.58. The molecule has 17 heavy (non-hydrogen) atoms. The molecule has 0 amide bonds. The topological polar surface area (TPSA) is 52.6 Å². The van der Waals surface area contributed by atoms with E-state index in [4.69, 9.17) is 9.47 Å². The molecule has 0 aromatic rings. The van der Waals surface area contributed by atoms with Crippen LogP contribution in [0.15, 0.2) is 12.2 Å². The lowest BCUT2D eigenvalue weighted by Gasteiger charge is -2.36. The van der Waals surface area contributed by atoms with Gasteiger partial charge in [0.15, 0.2) is 0 Å². The molecule has 4 heteroatoms. The van der Waals surface area contributed by atoms with E-state index in [0.717, 1.165) is 12.8 Å². The molecule has 4 nitrogen and oxygen atoms in total. The predicted molar refractivity (Wildman–Crippen MR) is 58.9 cm³/mol. The van der Waals surface area contributed by atoms with Crippen molar-refractivity contribution in [2.24, 2.45) is 17.8 Å². The van der Waals surface area contributed by atoms with Crippen molar-refractivity contribution < 1.29 is 19.1 Å². The monoisotopic (exact) mass is 236 g/mol. The average molecular weight is 236 g/mol. The van der Waals surface area contributed by atoms with Crippen molar-refractivity contribution in [2.45, 2.75) is 38.4 Å². The van der Waals surface area contributed by atoms with E-state index in [-0.39, 0.29) is 35.8 Å². The van der Waals surface area contributed by atoms with Crippen molar-refractivity contribution in [3.63, 3.8) is 0 Å². The van der Waals surface area contributed by atoms with E-state index in [1.165, 1.54) is 0 Å². The first-order chi connectivity index (χ1) is 7.93. The standard InChI is InChI=1S/C13H16O4/c1-6(2)11(14)17-13(3)7-4-8-9(5-7)12(15)16-10(8)13/h7-10H,1,4-5H2,2-3H3. The van der Waals surface area contributed by atoms with E-state index in [0.29, 0.717) is 5.57 Å². The number of esters is 2. The van der Waals surface area contributed by atoms with Crippen LogP contribution < -0.4 is 0 Å². The minimum atomic E-state index is -0.649. The number of fused-ring (bicyclic) bond motifs is 1. The van der Waals surface area contributed by atoms with Gasteiger partial charge in [0.05, 0.1) is 5.92 Å². The Bertz CT molecular complexity index is 427. The lowest BCUT2D eigenvalue weighted by atomic mass is 9.79. The normalized spacial score (nSPS) is 45.9. The Hall–Kier alpha value is -1.32. The first-order valence-electron chi connectivity index (χ1n) is 6.03. The fraction of sp³-hybridized carbons (Fsp3) is 0.692. The second-order valence-corrected chi connectivity index (χ2v) is 5.65. The fourth-order valence-corrected chi connectivity index (χ4v) is 3.65. The molecule has 3 rings (SSSR count). The van der Waals surface area contributed by atoms with Crippen molar-refractivity contribution in [1.82, 2.24) is 0 Å². The van der Waals surface area contributed by atoms with Gasteiger partial charge in [0.25, 0.3) is 0 Å². The van der Waals surface area contributed by atoms with Gasteiger partial charge in [0, 0.05) is 17.4 Å². The van der Waals surface area contributed by atoms with Gasteiger partial charge in [-0.2, -0.15) is 0 Å². The zero-order chi connectivity index (χ0) is 12.4. The Morgan fingerprint density at radius 2 is 2.24 bits per heavy atom. The van der Waals surface area contributed by atoms with Crippen LogP contribution >= 0.6 is 0 Å². The number of carbonyl (C=O) groups is 2. The average Bonchev–Trinajstić information content (AvgIpc) is 2.83. The molecule has 0 aromatic heterocycles. The SMILES string of the molecule is C=C(C)C(=O)OC1(C)C2CC3C(=O)OC1C3C2. The number of carbonyl (C=O) groups excluding carboxylic acids is 2. The lowest BCUT2D eigenvalue weighted by Crippen LogP contribution is -2.47. The third-order valence-corrected chi connectivity index (χ3v) is 4.58. The molecule has 0 aromatic carbocycles. The Balaban J connectivity index is 1.87. The fourth-order valence-electron chi connectivity index (χ4n) is 3.65. The van der Waals surface area contributed by atoms with Gasteiger partial charge >= 0.3 is 11.9 Å². The Morgan fingerprint density at radius 3 is 2.88 bits per heavy atom. The summed E-state index contributed by atoms with van der Waals surface area (Å²) in [5.74, 6) is 0.0337. The smallest absolute Gasteiger partial charge is 0.333 e. The van der Waals surface area contributed by atoms with Crippen LogP contribution in [0.2, 0.25) is 0 Å². The van der Waals surface area contributed by atoms with Crippen molar-refractivity contribution in [3.8, 4) is 0 Å². The maximum Gasteiger partial charge on any atom is 0.333 e. The van der Waals surface area contributed by atoms with E-state index < -0.39 is 5.60 Å². The molecule has 1 aliphatic heterocycles. The minimum absolute atomic E-state index is 0.0432. The van der Waals surface area contributed by atoms with E-state index in [1.807, 2.05) is 6.92 Å². The highest BCUT2D eigenvalue weighted by Crippen LogP contribution is 2.60. The lowest BCUT2D eigenvalue weighted by molar-refractivity contribution is -0.175. The van der Waals surface area contributed by atoms with Gasteiger partial charge in [0.2, 0.25) is 0 Å². The second-order valence-electron chi connectivity index (χ2n) is 5.65. The molecule has 5 atom stereocenters.